The lowest BCUT2D eigenvalue weighted by Gasteiger charge is -2.10. The number of hydrogen-bond donors (Lipinski definition) is 2. The number of nitrogens with one attached hydrogen (secondary N) is 1. The van der Waals surface area contributed by atoms with E-state index < -0.39 is 10.0 Å². The zero-order chi connectivity index (χ0) is 12.6. The van der Waals surface area contributed by atoms with Crippen LogP contribution in [0, 0.1) is 12.8 Å². The van der Waals surface area contributed by atoms with Gasteiger partial charge in [0.05, 0.1) is 4.90 Å². The fourth-order valence-corrected chi connectivity index (χ4v) is 2.44. The first-order valence-corrected chi connectivity index (χ1v) is 6.87. The van der Waals surface area contributed by atoms with E-state index in [0.717, 1.165) is 12.8 Å². The Morgan fingerprint density at radius 3 is 2.59 bits per heavy atom. The molecule has 0 heterocycles. The Morgan fingerprint density at radius 1 is 1.41 bits per heavy atom. The van der Waals surface area contributed by atoms with Gasteiger partial charge < -0.3 is 5.32 Å². The molecule has 0 atom stereocenters. The van der Waals surface area contributed by atoms with E-state index in [1.54, 1.807) is 19.1 Å². The predicted octanol–water partition coefficient (Wildman–Crippen LogP) is 0.991. The Bertz CT molecular complexity index is 562. The van der Waals surface area contributed by atoms with Crippen molar-refractivity contribution in [2.75, 3.05) is 5.32 Å². The molecule has 0 radical (unpaired) electrons. The Morgan fingerprint density at radius 2 is 2.06 bits per heavy atom. The van der Waals surface area contributed by atoms with Gasteiger partial charge in [0.15, 0.2) is 0 Å². The molecule has 1 amide bonds. The first-order valence-electron chi connectivity index (χ1n) is 5.33. The van der Waals surface area contributed by atoms with Crippen LogP contribution in [0.25, 0.3) is 0 Å². The number of sulfonamides is 1. The maximum Gasteiger partial charge on any atom is 0.238 e. The van der Waals surface area contributed by atoms with Gasteiger partial charge in [-0.2, -0.15) is 0 Å². The smallest absolute Gasteiger partial charge is 0.238 e. The lowest BCUT2D eigenvalue weighted by Crippen LogP contribution is -2.17. The van der Waals surface area contributed by atoms with E-state index in [1.165, 1.54) is 6.07 Å². The Balaban J connectivity index is 2.32. The molecule has 2 rings (SSSR count). The third kappa shape index (κ3) is 2.65. The van der Waals surface area contributed by atoms with Crippen LogP contribution >= 0.6 is 0 Å². The monoisotopic (exact) mass is 254 g/mol. The van der Waals surface area contributed by atoms with Crippen LogP contribution in [0.1, 0.15) is 18.4 Å². The summed E-state index contributed by atoms with van der Waals surface area (Å²) in [5.41, 5.74) is 0.984. The average molecular weight is 254 g/mol. The number of benzene rings is 1. The summed E-state index contributed by atoms with van der Waals surface area (Å²) in [7, 11) is -3.75. The number of primary sulfonamides is 1. The van der Waals surface area contributed by atoms with Crippen molar-refractivity contribution in [3.63, 3.8) is 0 Å². The molecular formula is C11H14N2O3S. The Labute approximate surface area is 100 Å². The van der Waals surface area contributed by atoms with Crippen LogP contribution in [0.5, 0.6) is 0 Å². The molecule has 1 aliphatic rings. The van der Waals surface area contributed by atoms with Crippen molar-refractivity contribution < 1.29 is 13.2 Å². The second-order valence-electron chi connectivity index (χ2n) is 4.24. The molecular weight excluding hydrogens is 240 g/mol. The molecule has 0 bridgehead atoms. The molecule has 1 aromatic rings. The number of rotatable bonds is 3. The maximum atomic E-state index is 11.6. The SMILES string of the molecule is Cc1c(NC(=O)C2CC2)cccc1S(N)(=O)=O. The van der Waals surface area contributed by atoms with Crippen LogP contribution in [0.2, 0.25) is 0 Å². The van der Waals surface area contributed by atoms with Crippen LogP contribution in [-0.2, 0) is 14.8 Å². The molecule has 0 saturated heterocycles. The molecule has 92 valence electrons. The number of anilines is 1. The van der Waals surface area contributed by atoms with E-state index in [9.17, 15) is 13.2 Å². The molecule has 0 unspecified atom stereocenters. The van der Waals surface area contributed by atoms with E-state index >= 15 is 0 Å². The van der Waals surface area contributed by atoms with Crippen LogP contribution in [0.15, 0.2) is 23.1 Å². The summed E-state index contributed by atoms with van der Waals surface area (Å²) < 4.78 is 22.6. The molecule has 1 aliphatic carbocycles. The molecule has 1 aromatic carbocycles. The third-order valence-electron chi connectivity index (χ3n) is 2.80. The predicted molar refractivity (Wildman–Crippen MR) is 63.9 cm³/mol. The van der Waals surface area contributed by atoms with Crippen LogP contribution < -0.4 is 10.5 Å². The number of hydrogen-bond acceptors (Lipinski definition) is 3. The van der Waals surface area contributed by atoms with Crippen molar-refractivity contribution in [2.24, 2.45) is 11.1 Å². The van der Waals surface area contributed by atoms with E-state index in [-0.39, 0.29) is 16.7 Å². The second kappa shape index (κ2) is 4.12. The highest BCUT2D eigenvalue weighted by Gasteiger charge is 2.30. The molecule has 17 heavy (non-hydrogen) atoms. The first kappa shape index (κ1) is 12.1. The Hall–Kier alpha value is -1.40. The van der Waals surface area contributed by atoms with Crippen molar-refractivity contribution >= 4 is 21.6 Å². The molecule has 0 aromatic heterocycles. The quantitative estimate of drug-likeness (QED) is 0.843. The fraction of sp³-hybridized carbons (Fsp3) is 0.364. The highest BCUT2D eigenvalue weighted by Crippen LogP contribution is 2.31. The average Bonchev–Trinajstić information content (AvgIpc) is 3.02. The largest absolute Gasteiger partial charge is 0.326 e. The molecule has 3 N–H and O–H groups in total. The fourth-order valence-electron chi connectivity index (χ4n) is 1.64. The third-order valence-corrected chi connectivity index (χ3v) is 3.85. The van der Waals surface area contributed by atoms with Gasteiger partial charge in [0.25, 0.3) is 0 Å². The van der Waals surface area contributed by atoms with E-state index in [2.05, 4.69) is 5.32 Å². The van der Waals surface area contributed by atoms with Crippen molar-refractivity contribution in [3.8, 4) is 0 Å². The van der Waals surface area contributed by atoms with Gasteiger partial charge in [-0.05, 0) is 37.5 Å². The summed E-state index contributed by atoms with van der Waals surface area (Å²) in [5.74, 6) is 0.0206. The van der Waals surface area contributed by atoms with Crippen molar-refractivity contribution in [1.29, 1.82) is 0 Å². The van der Waals surface area contributed by atoms with Crippen molar-refractivity contribution in [1.82, 2.24) is 0 Å². The first-order chi connectivity index (χ1) is 7.89. The molecule has 1 saturated carbocycles. The highest BCUT2D eigenvalue weighted by atomic mass is 32.2. The standard InChI is InChI=1S/C11H14N2O3S/c1-7-9(13-11(14)8-5-6-8)3-2-4-10(7)17(12,15)16/h2-4,8H,5-6H2,1H3,(H,13,14)(H2,12,15,16). The van der Waals surface area contributed by atoms with E-state index in [1.807, 2.05) is 0 Å². The van der Waals surface area contributed by atoms with Gasteiger partial charge in [0.2, 0.25) is 15.9 Å². The van der Waals surface area contributed by atoms with Gasteiger partial charge in [-0.3, -0.25) is 4.79 Å². The van der Waals surface area contributed by atoms with Crippen molar-refractivity contribution in [2.45, 2.75) is 24.7 Å². The minimum absolute atomic E-state index is 0.0473. The topological polar surface area (TPSA) is 89.3 Å². The molecule has 6 heteroatoms. The maximum absolute atomic E-state index is 11.6. The van der Waals surface area contributed by atoms with Gasteiger partial charge in [-0.1, -0.05) is 6.07 Å². The minimum atomic E-state index is -3.75. The molecule has 0 spiro atoms. The zero-order valence-electron chi connectivity index (χ0n) is 9.43. The normalized spacial score (nSPS) is 15.6. The Kier molecular flexibility index (Phi) is 2.92. The minimum Gasteiger partial charge on any atom is -0.326 e. The van der Waals surface area contributed by atoms with Gasteiger partial charge in [-0.25, -0.2) is 13.6 Å². The number of carbonyl (C=O) groups excluding carboxylic acids is 1. The molecule has 5 nitrogen and oxygen atoms in total. The summed E-state index contributed by atoms with van der Waals surface area (Å²) >= 11 is 0. The van der Waals surface area contributed by atoms with Gasteiger partial charge in [-0.15, -0.1) is 0 Å². The van der Waals surface area contributed by atoms with Gasteiger partial charge in [0.1, 0.15) is 0 Å². The van der Waals surface area contributed by atoms with Crippen molar-refractivity contribution in [3.05, 3.63) is 23.8 Å². The summed E-state index contributed by atoms with van der Waals surface area (Å²) in [6, 6.07) is 4.66. The summed E-state index contributed by atoms with van der Waals surface area (Å²) in [5, 5.41) is 7.81. The summed E-state index contributed by atoms with van der Waals surface area (Å²) in [6.45, 7) is 1.63. The van der Waals surface area contributed by atoms with Crippen LogP contribution in [-0.4, -0.2) is 14.3 Å². The number of nitrogens with two attached hydrogens (primary N) is 1. The van der Waals surface area contributed by atoms with Gasteiger partial charge >= 0.3 is 0 Å². The van der Waals surface area contributed by atoms with Crippen LogP contribution in [0.3, 0.4) is 0 Å². The number of carbonyl (C=O) groups is 1. The highest BCUT2D eigenvalue weighted by molar-refractivity contribution is 7.89. The summed E-state index contributed by atoms with van der Waals surface area (Å²) in [6.07, 6.45) is 1.81. The molecule has 1 fully saturated rings. The zero-order valence-corrected chi connectivity index (χ0v) is 10.3. The lowest BCUT2D eigenvalue weighted by molar-refractivity contribution is -0.117. The lowest BCUT2D eigenvalue weighted by atomic mass is 10.2. The van der Waals surface area contributed by atoms with E-state index in [4.69, 9.17) is 5.14 Å². The van der Waals surface area contributed by atoms with Crippen LogP contribution in [0.4, 0.5) is 5.69 Å². The van der Waals surface area contributed by atoms with E-state index in [0.29, 0.717) is 11.3 Å². The number of amides is 1. The molecule has 0 aliphatic heterocycles. The summed E-state index contributed by atoms with van der Waals surface area (Å²) in [4.78, 5) is 11.6. The van der Waals surface area contributed by atoms with Gasteiger partial charge in [0, 0.05) is 11.6 Å². The second-order valence-corrected chi connectivity index (χ2v) is 5.77.